The Kier molecular flexibility index (Phi) is 4.11. The Bertz CT molecular complexity index is 907. The van der Waals surface area contributed by atoms with E-state index < -0.39 is 0 Å². The molecule has 1 radical (unpaired) electrons. The van der Waals surface area contributed by atoms with Crippen LogP contribution in [0.15, 0.2) is 42.0 Å². The van der Waals surface area contributed by atoms with Crippen molar-refractivity contribution in [1.29, 1.82) is 0 Å². The molecule has 0 aliphatic heterocycles. The third-order valence-corrected chi connectivity index (χ3v) is 6.65. The molecule has 2 aromatic carbocycles. The first-order valence-electron chi connectivity index (χ1n) is 10.4. The largest absolute Gasteiger partial charge is 0.398 e. The molecule has 1 fully saturated rings. The number of fused-ring (bicyclic) bond motifs is 4. The summed E-state index contributed by atoms with van der Waals surface area (Å²) in [5, 5.41) is 2.83. The van der Waals surface area contributed by atoms with E-state index in [0.717, 1.165) is 5.69 Å². The van der Waals surface area contributed by atoms with Gasteiger partial charge in [0, 0.05) is 11.6 Å². The van der Waals surface area contributed by atoms with Gasteiger partial charge in [-0.3, -0.25) is 0 Å². The quantitative estimate of drug-likeness (QED) is 0.450. The maximum Gasteiger partial charge on any atom is 0.0359 e. The average molecular weight is 343 g/mol. The Hall–Kier alpha value is -2.02. The van der Waals surface area contributed by atoms with Gasteiger partial charge >= 0.3 is 0 Å². The van der Waals surface area contributed by atoms with Crippen molar-refractivity contribution in [2.75, 3.05) is 5.73 Å². The minimum Gasteiger partial charge on any atom is -0.398 e. The van der Waals surface area contributed by atoms with Gasteiger partial charge in [-0.1, -0.05) is 61.6 Å². The van der Waals surface area contributed by atoms with Crippen LogP contribution in [0.3, 0.4) is 0 Å². The summed E-state index contributed by atoms with van der Waals surface area (Å²) in [6.45, 7) is 0. The summed E-state index contributed by atoms with van der Waals surface area (Å²) in [6, 6.07) is 9.18. The highest BCUT2D eigenvalue weighted by Gasteiger charge is 2.24. The van der Waals surface area contributed by atoms with Crippen LogP contribution in [-0.2, 0) is 6.42 Å². The highest BCUT2D eigenvalue weighted by molar-refractivity contribution is 5.98. The van der Waals surface area contributed by atoms with Crippen LogP contribution in [0.4, 0.5) is 5.69 Å². The zero-order valence-electron chi connectivity index (χ0n) is 15.6. The first-order valence-corrected chi connectivity index (χ1v) is 10.4. The Balaban J connectivity index is 1.68. The molecule has 2 aromatic rings. The molecule has 1 nitrogen and oxygen atoms in total. The van der Waals surface area contributed by atoms with E-state index in [0.29, 0.717) is 0 Å². The van der Waals surface area contributed by atoms with Crippen LogP contribution in [0.2, 0.25) is 0 Å². The molecule has 5 rings (SSSR count). The number of anilines is 1. The van der Waals surface area contributed by atoms with E-state index in [1.165, 1.54) is 91.7 Å². The fourth-order valence-corrected chi connectivity index (χ4v) is 5.33. The van der Waals surface area contributed by atoms with E-state index in [2.05, 4.69) is 36.4 Å². The van der Waals surface area contributed by atoms with Crippen LogP contribution in [0.25, 0.3) is 16.3 Å². The van der Waals surface area contributed by atoms with Crippen LogP contribution in [0.1, 0.15) is 74.5 Å². The second kappa shape index (κ2) is 6.61. The third kappa shape index (κ3) is 2.60. The summed E-state index contributed by atoms with van der Waals surface area (Å²) in [6.07, 6.45) is 17.4. The molecule has 133 valence electrons. The van der Waals surface area contributed by atoms with Gasteiger partial charge in [-0.2, -0.15) is 0 Å². The van der Waals surface area contributed by atoms with Crippen LogP contribution in [0.5, 0.6) is 0 Å². The number of allylic oxidation sites excluding steroid dienone is 4. The maximum absolute atomic E-state index is 6.51. The minimum absolute atomic E-state index is 0.975. The molecule has 1 saturated carbocycles. The lowest BCUT2D eigenvalue weighted by atomic mass is 9.78. The molecule has 0 saturated heterocycles. The summed E-state index contributed by atoms with van der Waals surface area (Å²) in [4.78, 5) is 0. The van der Waals surface area contributed by atoms with Crippen molar-refractivity contribution in [2.45, 2.75) is 64.2 Å². The Morgan fingerprint density at radius 2 is 1.54 bits per heavy atom. The lowest BCUT2D eigenvalue weighted by Gasteiger charge is -2.27. The van der Waals surface area contributed by atoms with Crippen molar-refractivity contribution >= 4 is 22.0 Å². The van der Waals surface area contributed by atoms with E-state index >= 15 is 0 Å². The van der Waals surface area contributed by atoms with Crippen LogP contribution >= 0.6 is 0 Å². The van der Waals surface area contributed by atoms with Crippen molar-refractivity contribution in [1.82, 2.24) is 0 Å². The number of hydrogen-bond acceptors (Lipinski definition) is 1. The Morgan fingerprint density at radius 1 is 0.731 bits per heavy atom. The minimum atomic E-state index is 0.975. The number of nitrogen functional groups attached to an aromatic ring is 1. The van der Waals surface area contributed by atoms with E-state index in [1.807, 2.05) is 0 Å². The topological polar surface area (TPSA) is 26.0 Å². The molecule has 26 heavy (non-hydrogen) atoms. The van der Waals surface area contributed by atoms with Gasteiger partial charge in [0.2, 0.25) is 0 Å². The second-order valence-corrected chi connectivity index (χ2v) is 8.19. The van der Waals surface area contributed by atoms with Crippen molar-refractivity contribution in [3.8, 4) is 0 Å². The summed E-state index contributed by atoms with van der Waals surface area (Å²) in [7, 11) is 0. The van der Waals surface area contributed by atoms with Crippen molar-refractivity contribution < 1.29 is 0 Å². The van der Waals surface area contributed by atoms with Gasteiger partial charge in [0.25, 0.3) is 0 Å². The van der Waals surface area contributed by atoms with Gasteiger partial charge in [-0.25, -0.2) is 0 Å². The van der Waals surface area contributed by atoms with Crippen LogP contribution < -0.4 is 5.73 Å². The predicted octanol–water partition coefficient (Wildman–Crippen LogP) is 6.75. The lowest BCUT2D eigenvalue weighted by Crippen LogP contribution is -2.09. The molecule has 0 unspecified atom stereocenters. The molecule has 3 aliphatic rings. The Morgan fingerprint density at radius 3 is 2.38 bits per heavy atom. The number of nitrogens with two attached hydrogens (primary N) is 1. The van der Waals surface area contributed by atoms with Gasteiger partial charge in [0.1, 0.15) is 0 Å². The molecular formula is C25H28N. The first-order chi connectivity index (χ1) is 12.8. The fraction of sp³-hybridized carbons (Fsp3) is 0.400. The average Bonchev–Trinajstić information content (AvgIpc) is 2.96. The summed E-state index contributed by atoms with van der Waals surface area (Å²) in [5.74, 6) is 1.60. The molecule has 3 aliphatic carbocycles. The monoisotopic (exact) mass is 342 g/mol. The highest BCUT2D eigenvalue weighted by atomic mass is 14.6. The van der Waals surface area contributed by atoms with Crippen LogP contribution in [0, 0.1) is 5.92 Å². The standard InChI is InChI=1S/C25H28N/c26-24-16-15-22-21-12-11-17-7-5-6-10-19(17)20(21)13-14-23(22)25(24)18-8-3-1-2-4-9-18/h6,10,13-16H,1-5,7-9,11-12,26H2. The highest BCUT2D eigenvalue weighted by Crippen LogP contribution is 2.43. The lowest BCUT2D eigenvalue weighted by molar-refractivity contribution is 0.702. The van der Waals surface area contributed by atoms with E-state index in [-0.39, 0.29) is 0 Å². The Labute approximate surface area is 157 Å². The number of aryl methyl sites for hydroxylation is 1. The maximum atomic E-state index is 6.51. The second-order valence-electron chi connectivity index (χ2n) is 8.19. The van der Waals surface area contributed by atoms with E-state index in [1.54, 1.807) is 17.1 Å². The molecule has 0 aromatic heterocycles. The molecule has 0 amide bonds. The van der Waals surface area contributed by atoms with Gasteiger partial charge in [0.05, 0.1) is 0 Å². The zero-order valence-corrected chi connectivity index (χ0v) is 15.6. The summed E-state index contributed by atoms with van der Waals surface area (Å²) < 4.78 is 0. The zero-order chi connectivity index (χ0) is 17.5. The molecule has 0 heterocycles. The molecule has 0 atom stereocenters. The number of hydrogen-bond donors (Lipinski definition) is 1. The normalized spacial score (nSPS) is 20.8. The van der Waals surface area contributed by atoms with Crippen molar-refractivity contribution in [2.24, 2.45) is 0 Å². The molecular weight excluding hydrogens is 314 g/mol. The SMILES string of the molecule is Nc1ccc2c3c(ccc2c1[C]1CCCCCC1)C1=C(CCC=C1)CC3. The third-order valence-electron chi connectivity index (χ3n) is 6.65. The molecule has 1 heteroatoms. The number of rotatable bonds is 1. The van der Waals surface area contributed by atoms with Gasteiger partial charge in [-0.05, 0) is 77.6 Å². The summed E-state index contributed by atoms with van der Waals surface area (Å²) >= 11 is 0. The van der Waals surface area contributed by atoms with Crippen LogP contribution in [-0.4, -0.2) is 0 Å². The van der Waals surface area contributed by atoms with Gasteiger partial charge in [0.15, 0.2) is 0 Å². The smallest absolute Gasteiger partial charge is 0.0359 e. The molecule has 0 bridgehead atoms. The van der Waals surface area contributed by atoms with Crippen molar-refractivity contribution in [3.63, 3.8) is 0 Å². The van der Waals surface area contributed by atoms with Gasteiger partial charge < -0.3 is 5.73 Å². The first kappa shape index (κ1) is 16.2. The summed E-state index contributed by atoms with van der Waals surface area (Å²) in [5.41, 5.74) is 15.0. The molecule has 2 N–H and O–H groups in total. The fourth-order valence-electron chi connectivity index (χ4n) is 5.33. The van der Waals surface area contributed by atoms with Gasteiger partial charge in [-0.15, -0.1) is 0 Å². The molecule has 0 spiro atoms. The van der Waals surface area contributed by atoms with E-state index in [4.69, 9.17) is 5.73 Å². The predicted molar refractivity (Wildman–Crippen MR) is 112 cm³/mol. The van der Waals surface area contributed by atoms with E-state index in [9.17, 15) is 0 Å². The van der Waals surface area contributed by atoms with Crippen molar-refractivity contribution in [3.05, 3.63) is 64.6 Å². The number of benzene rings is 2.